The van der Waals surface area contributed by atoms with Gasteiger partial charge in [0.1, 0.15) is 5.69 Å². The molecule has 0 saturated carbocycles. The van der Waals surface area contributed by atoms with Gasteiger partial charge in [0, 0.05) is 19.2 Å². The van der Waals surface area contributed by atoms with Gasteiger partial charge in [-0.2, -0.15) is 5.26 Å². The smallest absolute Gasteiger partial charge is 0.221 e. The fraction of sp³-hybridized carbons (Fsp3) is 0.154. The molecule has 0 radical (unpaired) electrons. The topological polar surface area (TPSA) is 125 Å². The Morgan fingerprint density at radius 1 is 0.943 bits per heavy atom. The molecule has 0 unspecified atom stereocenters. The second-order valence-electron chi connectivity index (χ2n) is 7.87. The monoisotopic (exact) mass is 485 g/mol. The number of sulfone groups is 1. The molecule has 0 aliphatic rings. The molecule has 176 valence electrons. The summed E-state index contributed by atoms with van der Waals surface area (Å²) >= 11 is 0. The maximum absolute atomic E-state index is 13.5. The van der Waals surface area contributed by atoms with Crippen LogP contribution in [0.25, 0.3) is 11.0 Å². The van der Waals surface area contributed by atoms with Crippen LogP contribution in [-0.4, -0.2) is 30.8 Å². The molecular formula is C26H23N5O3S. The van der Waals surface area contributed by atoms with Crippen molar-refractivity contribution in [2.24, 2.45) is 0 Å². The van der Waals surface area contributed by atoms with Crippen LogP contribution in [-0.2, 0) is 21.1 Å². The van der Waals surface area contributed by atoms with Crippen LogP contribution in [0, 0.1) is 11.3 Å². The van der Waals surface area contributed by atoms with Crippen molar-refractivity contribution >= 4 is 38.3 Å². The van der Waals surface area contributed by atoms with Crippen LogP contribution in [0.15, 0.2) is 83.8 Å². The Hall–Kier alpha value is -4.29. The van der Waals surface area contributed by atoms with Gasteiger partial charge < -0.3 is 10.6 Å². The quantitative estimate of drug-likeness (QED) is 0.381. The molecule has 2 N–H and O–H groups in total. The molecule has 9 heteroatoms. The molecule has 0 spiro atoms. The standard InChI is InChI=1S/C26H23N5O3S/c1-18(32)29-20-11-13-21(14-12-20)35(33,34)24(17-27)25-26(28-16-15-19-7-3-2-4-8-19)31-23-10-6-5-9-22(23)30-25/h2-14,24H,15-16H2,1H3,(H,28,31)(H,29,32)/t24-/m1/s1. The van der Waals surface area contributed by atoms with E-state index in [0.29, 0.717) is 29.7 Å². The predicted octanol–water partition coefficient (Wildman–Crippen LogP) is 4.28. The van der Waals surface area contributed by atoms with E-state index >= 15 is 0 Å². The van der Waals surface area contributed by atoms with Crippen LogP contribution in [0.4, 0.5) is 11.5 Å². The van der Waals surface area contributed by atoms with Crippen molar-refractivity contribution in [2.45, 2.75) is 23.5 Å². The third kappa shape index (κ3) is 5.45. The van der Waals surface area contributed by atoms with Crippen LogP contribution in [0.2, 0.25) is 0 Å². The van der Waals surface area contributed by atoms with E-state index in [1.165, 1.54) is 31.2 Å². The maximum Gasteiger partial charge on any atom is 0.221 e. The summed E-state index contributed by atoms with van der Waals surface area (Å²) < 4.78 is 27.0. The lowest BCUT2D eigenvalue weighted by molar-refractivity contribution is -0.114. The minimum Gasteiger partial charge on any atom is -0.368 e. The largest absolute Gasteiger partial charge is 0.368 e. The summed E-state index contributed by atoms with van der Waals surface area (Å²) in [7, 11) is -4.13. The molecule has 3 aromatic carbocycles. The number of nitrogens with zero attached hydrogens (tertiary/aromatic N) is 3. The van der Waals surface area contributed by atoms with E-state index in [2.05, 4.69) is 20.6 Å². The molecule has 1 heterocycles. The van der Waals surface area contributed by atoms with E-state index in [9.17, 15) is 18.5 Å². The third-order valence-corrected chi connectivity index (χ3v) is 7.20. The number of nitriles is 1. The van der Waals surface area contributed by atoms with Gasteiger partial charge in [-0.1, -0.05) is 42.5 Å². The number of aromatic nitrogens is 2. The highest BCUT2D eigenvalue weighted by molar-refractivity contribution is 7.92. The lowest BCUT2D eigenvalue weighted by Crippen LogP contribution is -2.18. The Labute approximate surface area is 203 Å². The Bertz CT molecular complexity index is 1500. The zero-order valence-corrected chi connectivity index (χ0v) is 19.8. The van der Waals surface area contributed by atoms with Gasteiger partial charge in [0.05, 0.1) is 22.0 Å². The fourth-order valence-corrected chi connectivity index (χ4v) is 5.03. The average Bonchev–Trinajstić information content (AvgIpc) is 2.85. The summed E-state index contributed by atoms with van der Waals surface area (Å²) in [5.41, 5.74) is 2.70. The first-order valence-electron chi connectivity index (χ1n) is 10.9. The highest BCUT2D eigenvalue weighted by Crippen LogP contribution is 2.32. The molecule has 35 heavy (non-hydrogen) atoms. The summed E-state index contributed by atoms with van der Waals surface area (Å²) in [5, 5.41) is 14.2. The van der Waals surface area contributed by atoms with E-state index in [-0.39, 0.29) is 22.3 Å². The van der Waals surface area contributed by atoms with E-state index in [0.717, 1.165) is 5.56 Å². The normalized spacial score (nSPS) is 12.0. The van der Waals surface area contributed by atoms with Crippen molar-refractivity contribution in [1.29, 1.82) is 5.26 Å². The highest BCUT2D eigenvalue weighted by Gasteiger charge is 2.33. The second-order valence-corrected chi connectivity index (χ2v) is 9.90. The number of carbonyl (C=O) groups excluding carboxylic acids is 1. The minimum atomic E-state index is -4.13. The van der Waals surface area contributed by atoms with Crippen molar-refractivity contribution in [2.75, 3.05) is 17.2 Å². The van der Waals surface area contributed by atoms with Crippen molar-refractivity contribution in [3.8, 4) is 6.07 Å². The lowest BCUT2D eigenvalue weighted by atomic mass is 10.1. The van der Waals surface area contributed by atoms with Crippen LogP contribution in [0.1, 0.15) is 23.4 Å². The number of rotatable bonds is 8. The van der Waals surface area contributed by atoms with E-state index in [1.807, 2.05) is 42.5 Å². The van der Waals surface area contributed by atoms with Gasteiger partial charge in [-0.15, -0.1) is 0 Å². The number of benzene rings is 3. The first-order valence-corrected chi connectivity index (χ1v) is 12.5. The number of para-hydroxylation sites is 2. The molecular weight excluding hydrogens is 462 g/mol. The SMILES string of the molecule is CC(=O)Nc1ccc(S(=O)(=O)[C@H](C#N)c2nc3ccccc3nc2NCCc2ccccc2)cc1. The molecule has 0 fully saturated rings. The molecule has 0 aliphatic heterocycles. The third-order valence-electron chi connectivity index (χ3n) is 5.33. The summed E-state index contributed by atoms with van der Waals surface area (Å²) in [5.74, 6) is -0.0159. The van der Waals surface area contributed by atoms with Crippen molar-refractivity contribution in [1.82, 2.24) is 9.97 Å². The number of hydrogen-bond acceptors (Lipinski definition) is 7. The highest BCUT2D eigenvalue weighted by atomic mass is 32.2. The molecule has 1 amide bonds. The number of anilines is 2. The van der Waals surface area contributed by atoms with E-state index < -0.39 is 15.1 Å². The minimum absolute atomic E-state index is 0.0465. The van der Waals surface area contributed by atoms with Crippen molar-refractivity contribution < 1.29 is 13.2 Å². The maximum atomic E-state index is 13.5. The van der Waals surface area contributed by atoms with Gasteiger partial charge in [-0.25, -0.2) is 18.4 Å². The van der Waals surface area contributed by atoms with Crippen LogP contribution in [0.3, 0.4) is 0 Å². The van der Waals surface area contributed by atoms with Crippen molar-refractivity contribution in [3.63, 3.8) is 0 Å². The van der Waals surface area contributed by atoms with Crippen molar-refractivity contribution in [3.05, 3.63) is 90.1 Å². The predicted molar refractivity (Wildman–Crippen MR) is 134 cm³/mol. The number of fused-ring (bicyclic) bond motifs is 1. The Morgan fingerprint density at radius 2 is 1.57 bits per heavy atom. The molecule has 1 aromatic heterocycles. The Kier molecular flexibility index (Phi) is 7.03. The summed E-state index contributed by atoms with van der Waals surface area (Å²) in [6.45, 7) is 1.84. The lowest BCUT2D eigenvalue weighted by Gasteiger charge is -2.16. The molecule has 0 bridgehead atoms. The second kappa shape index (κ2) is 10.3. The van der Waals surface area contributed by atoms with Gasteiger partial charge in [-0.05, 0) is 48.4 Å². The van der Waals surface area contributed by atoms with Crippen LogP contribution < -0.4 is 10.6 Å². The van der Waals surface area contributed by atoms with Gasteiger partial charge in [0.2, 0.25) is 15.7 Å². The van der Waals surface area contributed by atoms with Gasteiger partial charge in [-0.3, -0.25) is 4.79 Å². The average molecular weight is 486 g/mol. The molecule has 4 aromatic rings. The Morgan fingerprint density at radius 3 is 2.20 bits per heavy atom. The van der Waals surface area contributed by atoms with Gasteiger partial charge >= 0.3 is 0 Å². The number of nitrogens with one attached hydrogen (secondary N) is 2. The molecule has 0 saturated heterocycles. The zero-order chi connectivity index (χ0) is 24.8. The fourth-order valence-electron chi connectivity index (χ4n) is 3.64. The van der Waals surface area contributed by atoms with E-state index in [1.54, 1.807) is 18.2 Å². The number of amides is 1. The number of hydrogen-bond donors (Lipinski definition) is 2. The molecule has 0 aliphatic carbocycles. The zero-order valence-electron chi connectivity index (χ0n) is 19.0. The van der Waals surface area contributed by atoms with Crippen LogP contribution >= 0.6 is 0 Å². The molecule has 4 rings (SSSR count). The molecule has 1 atom stereocenters. The number of carbonyl (C=O) groups is 1. The summed E-state index contributed by atoms with van der Waals surface area (Å²) in [6.07, 6.45) is 0.684. The summed E-state index contributed by atoms with van der Waals surface area (Å²) in [4.78, 5) is 20.3. The molecule has 8 nitrogen and oxygen atoms in total. The van der Waals surface area contributed by atoms with Gasteiger partial charge in [0.25, 0.3) is 0 Å². The first-order chi connectivity index (χ1) is 16.9. The first kappa shape index (κ1) is 23.9. The summed E-state index contributed by atoms with van der Waals surface area (Å²) in [6, 6.07) is 24.6. The van der Waals surface area contributed by atoms with E-state index in [4.69, 9.17) is 0 Å². The Balaban J connectivity index is 1.70. The van der Waals surface area contributed by atoms with Crippen LogP contribution in [0.5, 0.6) is 0 Å². The van der Waals surface area contributed by atoms with Gasteiger partial charge in [0.15, 0.2) is 11.1 Å².